The Kier molecular flexibility index (Phi) is 5.19. The molecular formula is C26H23FN2O2. The first kappa shape index (κ1) is 20.5. The van der Waals surface area contributed by atoms with Gasteiger partial charge in [-0.25, -0.2) is 9.29 Å². The van der Waals surface area contributed by atoms with E-state index in [1.165, 1.54) is 29.2 Å². The molecule has 1 aliphatic heterocycles. The third-order valence-electron chi connectivity index (χ3n) is 5.59. The van der Waals surface area contributed by atoms with Gasteiger partial charge in [-0.05, 0) is 80.3 Å². The Labute approximate surface area is 181 Å². The number of hydrogen-bond donors (Lipinski definition) is 1. The molecule has 0 atom stereocenters. The lowest BCUT2D eigenvalue weighted by Gasteiger charge is -2.18. The average Bonchev–Trinajstić information content (AvgIpc) is 2.96. The maximum absolute atomic E-state index is 13.6. The van der Waals surface area contributed by atoms with Crippen LogP contribution in [0.25, 0.3) is 5.57 Å². The lowest BCUT2D eigenvalue weighted by molar-refractivity contribution is -0.120. The first-order valence-corrected chi connectivity index (χ1v) is 10.1. The fourth-order valence-corrected chi connectivity index (χ4v) is 3.76. The smallest absolute Gasteiger partial charge is 0.282 e. The molecule has 0 radical (unpaired) electrons. The number of carbonyl (C=O) groups excluding carboxylic acids is 2. The van der Waals surface area contributed by atoms with Gasteiger partial charge in [-0.2, -0.15) is 0 Å². The highest BCUT2D eigenvalue weighted by molar-refractivity contribution is 6.46. The van der Waals surface area contributed by atoms with Gasteiger partial charge in [-0.1, -0.05) is 35.9 Å². The van der Waals surface area contributed by atoms with E-state index in [1.54, 1.807) is 6.07 Å². The monoisotopic (exact) mass is 414 g/mol. The maximum atomic E-state index is 13.6. The Bertz CT molecular complexity index is 1240. The normalized spacial score (nSPS) is 13.9. The molecule has 1 N–H and O–H groups in total. The minimum Gasteiger partial charge on any atom is -0.350 e. The number of imide groups is 1. The van der Waals surface area contributed by atoms with Crippen molar-refractivity contribution in [3.05, 3.63) is 100.0 Å². The highest BCUT2D eigenvalue weighted by atomic mass is 19.1. The van der Waals surface area contributed by atoms with E-state index in [1.807, 2.05) is 58.0 Å². The summed E-state index contributed by atoms with van der Waals surface area (Å²) in [5.41, 5.74) is 6.24. The Morgan fingerprint density at radius 2 is 1.45 bits per heavy atom. The molecule has 3 aromatic carbocycles. The number of hydrogen-bond acceptors (Lipinski definition) is 3. The molecule has 0 bridgehead atoms. The van der Waals surface area contributed by atoms with E-state index in [9.17, 15) is 14.0 Å². The van der Waals surface area contributed by atoms with E-state index in [0.717, 1.165) is 22.3 Å². The van der Waals surface area contributed by atoms with E-state index in [4.69, 9.17) is 0 Å². The van der Waals surface area contributed by atoms with E-state index in [2.05, 4.69) is 5.32 Å². The molecule has 4 rings (SSSR count). The van der Waals surface area contributed by atoms with Crippen LogP contribution < -0.4 is 10.2 Å². The summed E-state index contributed by atoms with van der Waals surface area (Å²) in [6, 6.07) is 17.0. The molecule has 3 aromatic rings. The third kappa shape index (κ3) is 3.75. The fraction of sp³-hybridized carbons (Fsp3) is 0.154. The molecule has 4 nitrogen and oxygen atoms in total. The summed E-state index contributed by atoms with van der Waals surface area (Å²) in [6.07, 6.45) is 0. The number of aryl methyl sites for hydroxylation is 4. The number of anilines is 2. The van der Waals surface area contributed by atoms with Gasteiger partial charge in [0.1, 0.15) is 11.5 Å². The Morgan fingerprint density at radius 3 is 2.10 bits per heavy atom. The molecule has 31 heavy (non-hydrogen) atoms. The minimum absolute atomic E-state index is 0.180. The largest absolute Gasteiger partial charge is 0.350 e. The molecule has 0 spiro atoms. The fourth-order valence-electron chi connectivity index (χ4n) is 3.76. The number of amides is 2. The predicted molar refractivity (Wildman–Crippen MR) is 121 cm³/mol. The van der Waals surface area contributed by atoms with Crippen molar-refractivity contribution in [2.24, 2.45) is 0 Å². The van der Waals surface area contributed by atoms with Crippen LogP contribution in [0.4, 0.5) is 15.8 Å². The van der Waals surface area contributed by atoms with Crippen LogP contribution in [-0.2, 0) is 9.59 Å². The molecule has 0 aliphatic carbocycles. The van der Waals surface area contributed by atoms with Gasteiger partial charge in [0.15, 0.2) is 0 Å². The molecule has 0 unspecified atom stereocenters. The Morgan fingerprint density at radius 1 is 0.742 bits per heavy atom. The van der Waals surface area contributed by atoms with Gasteiger partial charge in [0, 0.05) is 5.69 Å². The lowest BCUT2D eigenvalue weighted by Crippen LogP contribution is -2.33. The van der Waals surface area contributed by atoms with E-state index >= 15 is 0 Å². The van der Waals surface area contributed by atoms with Gasteiger partial charge >= 0.3 is 0 Å². The van der Waals surface area contributed by atoms with Crippen molar-refractivity contribution in [3.63, 3.8) is 0 Å². The van der Waals surface area contributed by atoms with Gasteiger partial charge in [-0.3, -0.25) is 9.59 Å². The number of nitrogens with one attached hydrogen (secondary N) is 1. The molecular weight excluding hydrogens is 391 g/mol. The zero-order valence-corrected chi connectivity index (χ0v) is 17.9. The highest BCUT2D eigenvalue weighted by Crippen LogP contribution is 2.35. The summed E-state index contributed by atoms with van der Waals surface area (Å²) in [4.78, 5) is 28.2. The zero-order chi connectivity index (χ0) is 22.3. The molecule has 156 valence electrons. The summed E-state index contributed by atoms with van der Waals surface area (Å²) in [7, 11) is 0. The highest BCUT2D eigenvalue weighted by Gasteiger charge is 2.40. The van der Waals surface area contributed by atoms with E-state index in [-0.39, 0.29) is 17.4 Å². The average molecular weight is 414 g/mol. The van der Waals surface area contributed by atoms with Gasteiger partial charge in [0.25, 0.3) is 11.8 Å². The molecule has 1 aliphatic rings. The van der Waals surface area contributed by atoms with Gasteiger partial charge in [-0.15, -0.1) is 0 Å². The van der Waals surface area contributed by atoms with Gasteiger partial charge < -0.3 is 5.32 Å². The minimum atomic E-state index is -0.436. The van der Waals surface area contributed by atoms with Crippen molar-refractivity contribution in [2.45, 2.75) is 27.7 Å². The van der Waals surface area contributed by atoms with Crippen molar-refractivity contribution < 1.29 is 14.0 Å². The summed E-state index contributed by atoms with van der Waals surface area (Å²) in [5, 5.41) is 3.06. The second-order valence-corrected chi connectivity index (χ2v) is 7.92. The molecule has 1 heterocycles. The summed E-state index contributed by atoms with van der Waals surface area (Å²) < 4.78 is 13.4. The molecule has 2 amide bonds. The van der Waals surface area contributed by atoms with Crippen LogP contribution in [-0.4, -0.2) is 11.8 Å². The molecule has 0 aromatic heterocycles. The van der Waals surface area contributed by atoms with Crippen LogP contribution in [0.3, 0.4) is 0 Å². The van der Waals surface area contributed by atoms with E-state index < -0.39 is 5.91 Å². The van der Waals surface area contributed by atoms with Gasteiger partial charge in [0.2, 0.25) is 0 Å². The Hall–Kier alpha value is -3.73. The SMILES string of the molecule is Cc1ccc(N2C(=O)C(Nc3ccc(F)cc3)=C(c3ccc(C)c(C)c3)C2=O)c(C)c1. The van der Waals surface area contributed by atoms with Crippen molar-refractivity contribution in [1.29, 1.82) is 0 Å². The maximum Gasteiger partial charge on any atom is 0.282 e. The van der Waals surface area contributed by atoms with Crippen molar-refractivity contribution >= 4 is 28.8 Å². The molecule has 0 saturated heterocycles. The van der Waals surface area contributed by atoms with Crippen LogP contribution in [0, 0.1) is 33.5 Å². The van der Waals surface area contributed by atoms with Crippen molar-refractivity contribution in [1.82, 2.24) is 0 Å². The number of benzene rings is 3. The summed E-state index contributed by atoms with van der Waals surface area (Å²) in [5.74, 6) is -1.20. The van der Waals surface area contributed by atoms with Crippen LogP contribution in [0.2, 0.25) is 0 Å². The standard InChI is InChI=1S/C26H23FN2O2/c1-15-5-12-22(18(4)13-15)29-25(30)23(19-7-6-16(2)17(3)14-19)24(26(29)31)28-21-10-8-20(27)9-11-21/h5-14,28H,1-4H3. The Balaban J connectivity index is 1.85. The number of rotatable bonds is 4. The summed E-state index contributed by atoms with van der Waals surface area (Å²) >= 11 is 0. The van der Waals surface area contributed by atoms with Gasteiger partial charge in [0.05, 0.1) is 11.3 Å². The van der Waals surface area contributed by atoms with Crippen molar-refractivity contribution in [3.8, 4) is 0 Å². The topological polar surface area (TPSA) is 49.4 Å². The first-order valence-electron chi connectivity index (χ1n) is 10.1. The van der Waals surface area contributed by atoms with Crippen LogP contribution in [0.15, 0.2) is 66.4 Å². The molecule has 0 saturated carbocycles. The second kappa shape index (κ2) is 7.84. The van der Waals surface area contributed by atoms with Crippen LogP contribution in [0.5, 0.6) is 0 Å². The summed E-state index contributed by atoms with van der Waals surface area (Å²) in [6.45, 7) is 7.80. The predicted octanol–water partition coefficient (Wildman–Crippen LogP) is 5.46. The quantitative estimate of drug-likeness (QED) is 0.577. The molecule has 0 fully saturated rings. The number of halogens is 1. The van der Waals surface area contributed by atoms with E-state index in [0.29, 0.717) is 22.5 Å². The molecule has 5 heteroatoms. The second-order valence-electron chi connectivity index (χ2n) is 7.92. The lowest BCUT2D eigenvalue weighted by atomic mass is 9.99. The third-order valence-corrected chi connectivity index (χ3v) is 5.59. The zero-order valence-electron chi connectivity index (χ0n) is 17.9. The van der Waals surface area contributed by atoms with Crippen LogP contribution >= 0.6 is 0 Å². The van der Waals surface area contributed by atoms with Crippen molar-refractivity contribution in [2.75, 3.05) is 10.2 Å². The van der Waals surface area contributed by atoms with Crippen LogP contribution in [0.1, 0.15) is 27.8 Å². The first-order chi connectivity index (χ1) is 14.8. The number of carbonyl (C=O) groups is 2. The number of nitrogens with zero attached hydrogens (tertiary/aromatic N) is 1.